The molecule has 0 saturated carbocycles. The molecule has 0 aromatic heterocycles. The average molecular weight is 438 g/mol. The van der Waals surface area contributed by atoms with Crippen LogP contribution in [0.5, 0.6) is 0 Å². The van der Waals surface area contributed by atoms with Gasteiger partial charge in [0.15, 0.2) is 0 Å². The minimum Gasteiger partial charge on any atom is -1.00 e. The zero-order valence-corrected chi connectivity index (χ0v) is 19.5. The minimum absolute atomic E-state index is 0. The minimum atomic E-state index is -1.96. The van der Waals surface area contributed by atoms with E-state index in [2.05, 4.69) is 112 Å². The van der Waals surface area contributed by atoms with Gasteiger partial charge in [-0.25, -0.2) is 4.99 Å². The van der Waals surface area contributed by atoms with Crippen molar-refractivity contribution in [2.45, 2.75) is 38.8 Å². The molecule has 1 heterocycles. The van der Waals surface area contributed by atoms with E-state index in [1.165, 1.54) is 15.9 Å². The zero-order valence-electron chi connectivity index (χ0n) is 17.8. The van der Waals surface area contributed by atoms with Crippen LogP contribution < -0.4 is 28.3 Å². The van der Waals surface area contributed by atoms with Gasteiger partial charge in [-0.3, -0.25) is 0 Å². The van der Waals surface area contributed by atoms with E-state index in [-0.39, 0.29) is 24.0 Å². The van der Waals surface area contributed by atoms with E-state index in [4.69, 9.17) is 9.73 Å². The highest BCUT2D eigenvalue weighted by atomic mass is 35.5. The van der Waals surface area contributed by atoms with Crippen molar-refractivity contribution in [1.29, 1.82) is 0 Å². The largest absolute Gasteiger partial charge is 1.00 e. The number of ether oxygens (including phenoxy) is 1. The molecule has 0 aliphatic carbocycles. The second kappa shape index (κ2) is 9.33. The van der Waals surface area contributed by atoms with Crippen LogP contribution in [0.25, 0.3) is 0 Å². The summed E-state index contributed by atoms with van der Waals surface area (Å²) in [4.78, 5) is 5.05. The van der Waals surface area contributed by atoms with Crippen LogP contribution in [0, 0.1) is 0 Å². The second-order valence-corrected chi connectivity index (χ2v) is 11.9. The Kier molecular flexibility index (Phi) is 7.01. The molecule has 3 aromatic rings. The standard InChI is InChI=1S/C26H29NOP.ClH/c1-21-19-26(2,3)27-25(28-21)20-29(22-13-7-4-8-14-22,23-15-9-5-10-16-23)24-17-11-6-12-18-24;/h4-18,21H,19-20H2,1-3H3;1H/q+1;/p-1. The maximum Gasteiger partial charge on any atom is 0.224 e. The fourth-order valence-corrected chi connectivity index (χ4v) is 8.47. The van der Waals surface area contributed by atoms with Crippen molar-refractivity contribution >= 4 is 29.1 Å². The Hall–Kier alpha value is -2.15. The zero-order chi connectivity index (χ0) is 20.3. The molecule has 0 N–H and O–H groups in total. The molecule has 1 aliphatic heterocycles. The van der Waals surface area contributed by atoms with Crippen LogP contribution in [0.15, 0.2) is 96.0 Å². The summed E-state index contributed by atoms with van der Waals surface area (Å²) in [6.07, 6.45) is 1.93. The Morgan fingerprint density at radius 3 is 1.57 bits per heavy atom. The average Bonchev–Trinajstić information content (AvgIpc) is 2.72. The highest BCUT2D eigenvalue weighted by molar-refractivity contribution is 7.96. The van der Waals surface area contributed by atoms with Crippen molar-refractivity contribution in [1.82, 2.24) is 0 Å². The molecular formula is C26H29ClNOP. The quantitative estimate of drug-likeness (QED) is 0.559. The molecule has 0 bridgehead atoms. The van der Waals surface area contributed by atoms with E-state index in [9.17, 15) is 0 Å². The van der Waals surface area contributed by atoms with Crippen LogP contribution in [0.1, 0.15) is 27.2 Å². The lowest BCUT2D eigenvalue weighted by Gasteiger charge is -2.34. The highest BCUT2D eigenvalue weighted by Gasteiger charge is 2.48. The summed E-state index contributed by atoms with van der Waals surface area (Å²) in [6.45, 7) is 6.57. The molecular weight excluding hydrogens is 409 g/mol. The summed E-state index contributed by atoms with van der Waals surface area (Å²) in [5.41, 5.74) is -0.0906. The van der Waals surface area contributed by atoms with Crippen molar-refractivity contribution in [2.75, 3.05) is 6.16 Å². The van der Waals surface area contributed by atoms with Gasteiger partial charge in [0.1, 0.15) is 29.3 Å². The van der Waals surface area contributed by atoms with Crippen LogP contribution in [-0.4, -0.2) is 23.7 Å². The molecule has 2 nitrogen and oxygen atoms in total. The number of halogens is 1. The Balaban J connectivity index is 0.00000256. The van der Waals surface area contributed by atoms with Gasteiger partial charge in [-0.05, 0) is 57.2 Å². The second-order valence-electron chi connectivity index (χ2n) is 8.43. The summed E-state index contributed by atoms with van der Waals surface area (Å²) >= 11 is 0. The molecule has 1 unspecified atom stereocenters. The lowest BCUT2D eigenvalue weighted by molar-refractivity contribution is -0.00000960. The normalized spacial score (nSPS) is 18.0. The summed E-state index contributed by atoms with van der Waals surface area (Å²) in [6, 6.07) is 32.8. The number of hydrogen-bond acceptors (Lipinski definition) is 2. The van der Waals surface area contributed by atoms with Crippen molar-refractivity contribution in [3.8, 4) is 0 Å². The van der Waals surface area contributed by atoms with E-state index in [1.54, 1.807) is 0 Å². The van der Waals surface area contributed by atoms with Gasteiger partial charge in [0.05, 0.1) is 11.6 Å². The van der Waals surface area contributed by atoms with E-state index < -0.39 is 7.26 Å². The molecule has 30 heavy (non-hydrogen) atoms. The third-order valence-corrected chi connectivity index (χ3v) is 9.80. The van der Waals surface area contributed by atoms with Gasteiger partial charge in [0, 0.05) is 6.42 Å². The predicted molar refractivity (Wildman–Crippen MR) is 127 cm³/mol. The van der Waals surface area contributed by atoms with Crippen LogP contribution >= 0.6 is 7.26 Å². The van der Waals surface area contributed by atoms with Gasteiger partial charge in [-0.1, -0.05) is 54.6 Å². The van der Waals surface area contributed by atoms with E-state index in [0.29, 0.717) is 0 Å². The maximum absolute atomic E-state index is 6.32. The monoisotopic (exact) mass is 437 g/mol. The molecule has 4 rings (SSSR count). The smallest absolute Gasteiger partial charge is 0.224 e. The molecule has 0 fully saturated rings. The Bertz CT molecular complexity index is 877. The molecule has 0 saturated heterocycles. The van der Waals surface area contributed by atoms with Gasteiger partial charge >= 0.3 is 0 Å². The number of nitrogens with zero attached hydrogens (tertiary/aromatic N) is 1. The fraction of sp³-hybridized carbons (Fsp3) is 0.269. The lowest BCUT2D eigenvalue weighted by Crippen LogP contribution is -3.00. The topological polar surface area (TPSA) is 21.6 Å². The SMILES string of the molecule is CC1CC(C)(C)N=C(C[P+](c2ccccc2)(c2ccccc2)c2ccccc2)O1.[Cl-]. The molecule has 1 atom stereocenters. The number of rotatable bonds is 5. The van der Waals surface area contributed by atoms with E-state index in [0.717, 1.165) is 18.5 Å². The van der Waals surface area contributed by atoms with Gasteiger partial charge < -0.3 is 17.1 Å². The van der Waals surface area contributed by atoms with Crippen LogP contribution in [0.2, 0.25) is 0 Å². The van der Waals surface area contributed by atoms with Gasteiger partial charge in [-0.2, -0.15) is 0 Å². The summed E-state index contributed by atoms with van der Waals surface area (Å²) in [7, 11) is -1.96. The van der Waals surface area contributed by atoms with Crippen LogP contribution in [0.3, 0.4) is 0 Å². The van der Waals surface area contributed by atoms with E-state index in [1.807, 2.05) is 0 Å². The van der Waals surface area contributed by atoms with Crippen molar-refractivity contribution in [3.05, 3.63) is 91.0 Å². The first-order valence-electron chi connectivity index (χ1n) is 10.3. The third-order valence-electron chi connectivity index (χ3n) is 5.51. The van der Waals surface area contributed by atoms with Crippen LogP contribution in [0.4, 0.5) is 0 Å². The molecule has 1 aliphatic rings. The fourth-order valence-electron chi connectivity index (χ4n) is 4.43. The first kappa shape index (κ1) is 22.5. The van der Waals surface area contributed by atoms with Gasteiger partial charge in [0.2, 0.25) is 5.90 Å². The molecule has 0 amide bonds. The first-order chi connectivity index (χ1) is 14.0. The molecule has 4 heteroatoms. The summed E-state index contributed by atoms with van der Waals surface area (Å²) < 4.78 is 6.32. The Morgan fingerprint density at radius 1 is 0.800 bits per heavy atom. The Morgan fingerprint density at radius 2 is 1.20 bits per heavy atom. The number of benzene rings is 3. The summed E-state index contributed by atoms with van der Waals surface area (Å²) in [5, 5.41) is 4.08. The molecule has 3 aromatic carbocycles. The van der Waals surface area contributed by atoms with Crippen molar-refractivity contribution in [3.63, 3.8) is 0 Å². The van der Waals surface area contributed by atoms with Gasteiger partial charge in [-0.15, -0.1) is 0 Å². The molecule has 0 radical (unpaired) electrons. The van der Waals surface area contributed by atoms with Crippen molar-refractivity contribution < 1.29 is 17.1 Å². The third kappa shape index (κ3) is 4.61. The first-order valence-corrected chi connectivity index (χ1v) is 12.3. The number of hydrogen-bond donors (Lipinski definition) is 0. The van der Waals surface area contributed by atoms with E-state index >= 15 is 0 Å². The maximum atomic E-state index is 6.32. The van der Waals surface area contributed by atoms with Gasteiger partial charge in [0.25, 0.3) is 0 Å². The molecule has 156 valence electrons. The predicted octanol–water partition coefficient (Wildman–Crippen LogP) is 1.97. The number of aliphatic imine (C=N–C) groups is 1. The van der Waals surface area contributed by atoms with Crippen molar-refractivity contribution in [2.24, 2.45) is 4.99 Å². The molecule has 0 spiro atoms. The van der Waals surface area contributed by atoms with Crippen LogP contribution in [-0.2, 0) is 4.74 Å². The summed E-state index contributed by atoms with van der Waals surface area (Å²) in [5.74, 6) is 0.888. The highest BCUT2D eigenvalue weighted by Crippen LogP contribution is 2.55. The lowest BCUT2D eigenvalue weighted by atomic mass is 9.97. The Labute approximate surface area is 187 Å².